The van der Waals surface area contributed by atoms with Crippen molar-refractivity contribution in [2.75, 3.05) is 0 Å². The van der Waals surface area contributed by atoms with Gasteiger partial charge in [0.15, 0.2) is 0 Å². The van der Waals surface area contributed by atoms with Crippen LogP contribution in [0.5, 0.6) is 0 Å². The molecule has 2 N–H and O–H groups in total. The van der Waals surface area contributed by atoms with Crippen molar-refractivity contribution in [3.05, 3.63) is 23.5 Å². The fourth-order valence-electron chi connectivity index (χ4n) is 2.81. The molecule has 23 heavy (non-hydrogen) atoms. The normalized spacial score (nSPS) is 16.4. The lowest BCUT2D eigenvalue weighted by Crippen LogP contribution is -2.47. The van der Waals surface area contributed by atoms with Gasteiger partial charge in [-0.05, 0) is 32.8 Å². The third kappa shape index (κ3) is 3.33. The van der Waals surface area contributed by atoms with Crippen LogP contribution in [0.25, 0.3) is 11.1 Å². The number of hydrogen-bond acceptors (Lipinski definition) is 5. The first-order valence-corrected chi connectivity index (χ1v) is 7.88. The average Bonchev–Trinajstić information content (AvgIpc) is 3.17. The molecule has 2 aromatic rings. The summed E-state index contributed by atoms with van der Waals surface area (Å²) in [4.78, 5) is 28.5. The lowest BCUT2D eigenvalue weighted by atomic mass is 10.2. The number of nitrogens with zero attached hydrogens (tertiary/aromatic N) is 2. The highest BCUT2D eigenvalue weighted by atomic mass is 16.5. The number of carbonyl (C=O) groups is 2. The van der Waals surface area contributed by atoms with Crippen LogP contribution in [0.15, 0.2) is 16.8 Å². The van der Waals surface area contributed by atoms with Crippen molar-refractivity contribution in [1.29, 1.82) is 0 Å². The molecule has 1 fully saturated rings. The number of carbonyl (C=O) groups excluding carboxylic acids is 2. The Kier molecular flexibility index (Phi) is 4.27. The summed E-state index contributed by atoms with van der Waals surface area (Å²) in [5.74, 6) is -0.491. The van der Waals surface area contributed by atoms with Gasteiger partial charge in [0.1, 0.15) is 6.04 Å². The summed E-state index contributed by atoms with van der Waals surface area (Å²) in [7, 11) is 0. The van der Waals surface area contributed by atoms with Crippen LogP contribution in [-0.4, -0.2) is 34.0 Å². The number of nitrogens with one attached hydrogen (secondary N) is 2. The zero-order valence-corrected chi connectivity index (χ0v) is 13.3. The van der Waals surface area contributed by atoms with Gasteiger partial charge in [0.2, 0.25) is 5.91 Å². The van der Waals surface area contributed by atoms with E-state index >= 15 is 0 Å². The molecule has 3 rings (SSSR count). The number of aryl methyl sites for hydroxylation is 1. The molecule has 7 heteroatoms. The Labute approximate surface area is 133 Å². The number of rotatable bonds is 4. The van der Waals surface area contributed by atoms with Gasteiger partial charge in [0.25, 0.3) is 11.6 Å². The predicted octanol–water partition coefficient (Wildman–Crippen LogP) is 1.71. The number of amides is 2. The molecule has 122 valence electrons. The summed E-state index contributed by atoms with van der Waals surface area (Å²) < 4.78 is 5.02. The summed E-state index contributed by atoms with van der Waals surface area (Å²) in [5, 5.41) is 10.2. The highest BCUT2D eigenvalue weighted by molar-refractivity contribution is 5.99. The van der Waals surface area contributed by atoms with Crippen LogP contribution >= 0.6 is 0 Å². The van der Waals surface area contributed by atoms with Crippen molar-refractivity contribution >= 4 is 22.9 Å². The van der Waals surface area contributed by atoms with Gasteiger partial charge < -0.3 is 15.2 Å². The Hall–Kier alpha value is -2.44. The van der Waals surface area contributed by atoms with Crippen LogP contribution in [0.1, 0.15) is 48.7 Å². The molecule has 0 aliphatic heterocycles. The van der Waals surface area contributed by atoms with E-state index in [9.17, 15) is 9.59 Å². The first kappa shape index (κ1) is 15.5. The molecule has 1 aliphatic rings. The smallest absolute Gasteiger partial charge is 0.257 e. The molecule has 1 aliphatic carbocycles. The number of aromatic nitrogens is 2. The van der Waals surface area contributed by atoms with Crippen LogP contribution in [0.4, 0.5) is 0 Å². The summed E-state index contributed by atoms with van der Waals surface area (Å²) in [5.41, 5.74) is 1.45. The van der Waals surface area contributed by atoms with Gasteiger partial charge in [-0.2, -0.15) is 0 Å². The molecule has 1 unspecified atom stereocenters. The maximum absolute atomic E-state index is 12.3. The van der Waals surface area contributed by atoms with E-state index in [2.05, 4.69) is 20.8 Å². The van der Waals surface area contributed by atoms with Crippen molar-refractivity contribution in [2.24, 2.45) is 0 Å². The highest BCUT2D eigenvalue weighted by Crippen LogP contribution is 2.18. The van der Waals surface area contributed by atoms with Gasteiger partial charge in [-0.3, -0.25) is 9.59 Å². The Morgan fingerprint density at radius 3 is 2.83 bits per heavy atom. The second-order valence-corrected chi connectivity index (χ2v) is 6.03. The summed E-state index contributed by atoms with van der Waals surface area (Å²) >= 11 is 0. The fraction of sp³-hybridized carbons (Fsp3) is 0.500. The molecule has 0 saturated heterocycles. The average molecular weight is 316 g/mol. The van der Waals surface area contributed by atoms with Gasteiger partial charge in [0, 0.05) is 12.2 Å². The Bertz CT molecular complexity index is 734. The van der Waals surface area contributed by atoms with Gasteiger partial charge in [-0.15, -0.1) is 0 Å². The molecule has 2 heterocycles. The van der Waals surface area contributed by atoms with Gasteiger partial charge in [-0.1, -0.05) is 18.0 Å². The topological polar surface area (TPSA) is 97.1 Å². The maximum atomic E-state index is 12.3. The second-order valence-electron chi connectivity index (χ2n) is 6.03. The number of fused-ring (bicyclic) bond motifs is 1. The molecule has 1 saturated carbocycles. The zero-order chi connectivity index (χ0) is 16.4. The third-order valence-electron chi connectivity index (χ3n) is 4.21. The van der Waals surface area contributed by atoms with Crippen LogP contribution < -0.4 is 10.6 Å². The lowest BCUT2D eigenvalue weighted by Gasteiger charge is -2.17. The van der Waals surface area contributed by atoms with E-state index < -0.39 is 6.04 Å². The van der Waals surface area contributed by atoms with E-state index in [1.165, 1.54) is 6.20 Å². The van der Waals surface area contributed by atoms with E-state index in [0.29, 0.717) is 22.4 Å². The molecule has 7 nitrogen and oxygen atoms in total. The largest absolute Gasteiger partial charge is 0.352 e. The third-order valence-corrected chi connectivity index (χ3v) is 4.21. The molecule has 0 radical (unpaired) electrons. The number of pyridine rings is 1. The first-order chi connectivity index (χ1) is 11.0. The van der Waals surface area contributed by atoms with E-state index in [4.69, 9.17) is 4.52 Å². The number of hydrogen-bond donors (Lipinski definition) is 2. The second kappa shape index (κ2) is 6.36. The highest BCUT2D eigenvalue weighted by Gasteiger charge is 2.22. The molecule has 0 bridgehead atoms. The standard InChI is InChI=1S/C16H20N4O3/c1-9-13-7-11(8-17-16(13)23-20-9)15(22)18-10(2)14(21)19-12-5-3-4-6-12/h7-8,10,12H,3-6H2,1-2H3,(H,18,22)(H,19,21). The Morgan fingerprint density at radius 1 is 1.35 bits per heavy atom. The Balaban J connectivity index is 1.64. The van der Waals surface area contributed by atoms with Crippen molar-refractivity contribution in [3.8, 4) is 0 Å². The predicted molar refractivity (Wildman–Crippen MR) is 83.9 cm³/mol. The molecular weight excluding hydrogens is 296 g/mol. The van der Waals surface area contributed by atoms with Crippen LogP contribution in [0, 0.1) is 6.92 Å². The van der Waals surface area contributed by atoms with E-state index in [-0.39, 0.29) is 17.9 Å². The van der Waals surface area contributed by atoms with Crippen LogP contribution in [-0.2, 0) is 4.79 Å². The molecule has 0 aromatic carbocycles. The van der Waals surface area contributed by atoms with Gasteiger partial charge >= 0.3 is 0 Å². The minimum atomic E-state index is -0.595. The minimum Gasteiger partial charge on any atom is -0.352 e. The SMILES string of the molecule is Cc1noc2ncc(C(=O)NC(C)C(=O)NC3CCCC3)cc12. The molecule has 1 atom stereocenters. The zero-order valence-electron chi connectivity index (χ0n) is 13.3. The molecular formula is C16H20N4O3. The van der Waals surface area contributed by atoms with E-state index in [1.54, 1.807) is 19.9 Å². The van der Waals surface area contributed by atoms with E-state index in [1.807, 2.05) is 0 Å². The van der Waals surface area contributed by atoms with Crippen molar-refractivity contribution in [2.45, 2.75) is 51.6 Å². The lowest BCUT2D eigenvalue weighted by molar-refractivity contribution is -0.123. The van der Waals surface area contributed by atoms with Crippen LogP contribution in [0.3, 0.4) is 0 Å². The molecule has 2 amide bonds. The minimum absolute atomic E-state index is 0.152. The monoisotopic (exact) mass is 316 g/mol. The van der Waals surface area contributed by atoms with Gasteiger partial charge in [0.05, 0.1) is 16.6 Å². The summed E-state index contributed by atoms with van der Waals surface area (Å²) in [6, 6.07) is 1.31. The maximum Gasteiger partial charge on any atom is 0.257 e. The molecule has 0 spiro atoms. The van der Waals surface area contributed by atoms with Crippen molar-refractivity contribution < 1.29 is 14.1 Å². The molecule has 2 aromatic heterocycles. The van der Waals surface area contributed by atoms with Crippen molar-refractivity contribution in [1.82, 2.24) is 20.8 Å². The van der Waals surface area contributed by atoms with Crippen molar-refractivity contribution in [3.63, 3.8) is 0 Å². The first-order valence-electron chi connectivity index (χ1n) is 7.88. The van der Waals surface area contributed by atoms with Gasteiger partial charge in [-0.25, -0.2) is 4.98 Å². The van der Waals surface area contributed by atoms with E-state index in [0.717, 1.165) is 25.7 Å². The fourth-order valence-corrected chi connectivity index (χ4v) is 2.81. The quantitative estimate of drug-likeness (QED) is 0.895. The van der Waals surface area contributed by atoms with Crippen LogP contribution in [0.2, 0.25) is 0 Å². The summed E-state index contributed by atoms with van der Waals surface area (Å²) in [6.45, 7) is 3.46. The Morgan fingerprint density at radius 2 is 2.09 bits per heavy atom. The summed E-state index contributed by atoms with van der Waals surface area (Å²) in [6.07, 6.45) is 5.74.